The molecular weight excluding hydrogens is 243 g/mol. The van der Waals surface area contributed by atoms with Gasteiger partial charge >= 0.3 is 7.12 Å². The number of hydrogen-bond acceptors (Lipinski definition) is 5. The van der Waals surface area contributed by atoms with Gasteiger partial charge in [-0.05, 0) is 33.2 Å². The molecule has 1 aromatic heterocycles. The van der Waals surface area contributed by atoms with Crippen LogP contribution in [-0.2, 0) is 15.9 Å². The average Bonchev–Trinajstić information content (AvgIpc) is 2.74. The van der Waals surface area contributed by atoms with E-state index in [1.54, 1.807) is 0 Å². The highest BCUT2D eigenvalue weighted by atomic mass is 16.7. The first kappa shape index (κ1) is 12.9. The maximum atomic E-state index is 6.04. The minimum Gasteiger partial charge on any atom is -0.399 e. The van der Waals surface area contributed by atoms with Gasteiger partial charge in [0.2, 0.25) is 11.9 Å². The summed E-state index contributed by atoms with van der Waals surface area (Å²) in [6.07, 6.45) is 1.93. The van der Waals surface area contributed by atoms with Crippen molar-refractivity contribution in [2.45, 2.75) is 45.4 Å². The van der Waals surface area contributed by atoms with Gasteiger partial charge in [0.15, 0.2) is 0 Å². The van der Waals surface area contributed by atoms with Gasteiger partial charge < -0.3 is 9.31 Å². The summed E-state index contributed by atoms with van der Waals surface area (Å²) in [4.78, 5) is 0. The summed E-state index contributed by atoms with van der Waals surface area (Å²) in [5.41, 5.74) is 4.45. The van der Waals surface area contributed by atoms with Gasteiger partial charge in [-0.3, -0.25) is 0 Å². The van der Waals surface area contributed by atoms with Crippen LogP contribution in [0.5, 0.6) is 0 Å². The second-order valence-corrected chi connectivity index (χ2v) is 6.14. The third-order valence-electron chi connectivity index (χ3n) is 4.15. The van der Waals surface area contributed by atoms with E-state index in [4.69, 9.17) is 15.2 Å². The van der Waals surface area contributed by atoms with Crippen molar-refractivity contribution in [2.24, 2.45) is 5.84 Å². The maximum Gasteiger partial charge on any atom is 0.495 e. The number of nitrogens with zero attached hydrogens (tertiary/aromatic N) is 2. The van der Waals surface area contributed by atoms with Gasteiger partial charge in [-0.2, -0.15) is 0 Å². The molecule has 0 amide bonds. The lowest BCUT2D eigenvalue weighted by Gasteiger charge is -2.32. The number of aromatic nitrogens is 1. The number of hydrogen-bond donors (Lipinski definition) is 2. The van der Waals surface area contributed by atoms with Gasteiger partial charge in [0, 0.05) is 12.1 Å². The highest BCUT2D eigenvalue weighted by Crippen LogP contribution is 2.36. The molecule has 1 fully saturated rings. The highest BCUT2D eigenvalue weighted by molar-refractivity contribution is 6.62. The Morgan fingerprint density at radius 1 is 1.32 bits per heavy atom. The van der Waals surface area contributed by atoms with Crippen LogP contribution in [-0.4, -0.2) is 23.4 Å². The second-order valence-electron chi connectivity index (χ2n) is 6.14. The van der Waals surface area contributed by atoms with Crippen molar-refractivity contribution in [3.05, 3.63) is 24.0 Å². The predicted octanol–water partition coefficient (Wildman–Crippen LogP) is -0.579. The molecule has 1 saturated heterocycles. The Kier molecular flexibility index (Phi) is 2.66. The van der Waals surface area contributed by atoms with Crippen molar-refractivity contribution in [1.29, 1.82) is 0 Å². The second kappa shape index (κ2) is 3.93. The Hall–Kier alpha value is -1.15. The van der Waals surface area contributed by atoms with Crippen molar-refractivity contribution in [3.63, 3.8) is 0 Å². The van der Waals surface area contributed by atoms with Crippen molar-refractivity contribution in [3.8, 4) is 0 Å². The smallest absolute Gasteiger partial charge is 0.399 e. The van der Waals surface area contributed by atoms with E-state index in [1.807, 2.05) is 16.9 Å². The fourth-order valence-corrected chi connectivity index (χ4v) is 2.26. The lowest BCUT2D eigenvalue weighted by molar-refractivity contribution is -0.656. The molecule has 7 heteroatoms. The van der Waals surface area contributed by atoms with Crippen LogP contribution in [0.15, 0.2) is 18.3 Å². The van der Waals surface area contributed by atoms with Gasteiger partial charge in [-0.25, -0.2) is 5.84 Å². The van der Waals surface area contributed by atoms with Crippen LogP contribution in [0.3, 0.4) is 0 Å². The Bertz CT molecular complexity index is 504. The SMILES string of the molecule is CC1(C)OB(c2cc[n+]3c(c2)CN(N)N3)OC1(C)C. The number of fused-ring (bicyclic) bond motifs is 1. The van der Waals surface area contributed by atoms with Crippen LogP contribution in [0.2, 0.25) is 0 Å². The first-order valence-electron chi connectivity index (χ1n) is 6.47. The normalized spacial score (nSPS) is 24.4. The van der Waals surface area contributed by atoms with E-state index in [1.165, 1.54) is 5.12 Å². The molecule has 2 aliphatic heterocycles. The summed E-state index contributed by atoms with van der Waals surface area (Å²) >= 11 is 0. The number of hydrazine groups is 2. The molecule has 3 N–H and O–H groups in total. The van der Waals surface area contributed by atoms with Gasteiger partial charge in [-0.1, -0.05) is 4.68 Å². The summed E-state index contributed by atoms with van der Waals surface area (Å²) in [5.74, 6) is 5.71. The monoisotopic (exact) mass is 263 g/mol. The summed E-state index contributed by atoms with van der Waals surface area (Å²) in [5, 5.41) is 1.53. The topological polar surface area (TPSA) is 63.6 Å². The number of nitrogens with two attached hydrogens (primary N) is 1. The maximum absolute atomic E-state index is 6.04. The molecule has 0 aromatic carbocycles. The van der Waals surface area contributed by atoms with E-state index >= 15 is 0 Å². The summed E-state index contributed by atoms with van der Waals surface area (Å²) in [6, 6.07) is 4.04. The van der Waals surface area contributed by atoms with E-state index in [0.717, 1.165) is 11.2 Å². The summed E-state index contributed by atoms with van der Waals surface area (Å²) < 4.78 is 14.0. The fourth-order valence-electron chi connectivity index (χ4n) is 2.26. The van der Waals surface area contributed by atoms with E-state index in [2.05, 4.69) is 39.3 Å². The molecule has 0 spiro atoms. The molecule has 3 rings (SSSR count). The predicted molar refractivity (Wildman–Crippen MR) is 71.4 cm³/mol. The summed E-state index contributed by atoms with van der Waals surface area (Å²) in [6.45, 7) is 8.86. The van der Waals surface area contributed by atoms with Crippen molar-refractivity contribution < 1.29 is 14.0 Å². The van der Waals surface area contributed by atoms with Crippen molar-refractivity contribution in [2.75, 3.05) is 5.53 Å². The zero-order valence-electron chi connectivity index (χ0n) is 11.8. The molecule has 6 nitrogen and oxygen atoms in total. The first-order chi connectivity index (χ1) is 8.78. The lowest BCUT2D eigenvalue weighted by Crippen LogP contribution is -2.50. The average molecular weight is 263 g/mol. The molecule has 2 aliphatic rings. The van der Waals surface area contributed by atoms with Gasteiger partial charge in [0.05, 0.1) is 11.2 Å². The van der Waals surface area contributed by atoms with Crippen molar-refractivity contribution >= 4 is 12.6 Å². The lowest BCUT2D eigenvalue weighted by atomic mass is 9.79. The van der Waals surface area contributed by atoms with Crippen LogP contribution >= 0.6 is 0 Å². The minimum atomic E-state index is -0.331. The Morgan fingerprint density at radius 2 is 1.95 bits per heavy atom. The molecule has 102 valence electrons. The Labute approximate surface area is 113 Å². The molecule has 0 aliphatic carbocycles. The van der Waals surface area contributed by atoms with Crippen LogP contribution < -0.4 is 21.5 Å². The number of pyridine rings is 1. The van der Waals surface area contributed by atoms with E-state index in [-0.39, 0.29) is 18.3 Å². The molecule has 19 heavy (non-hydrogen) atoms. The molecule has 0 atom stereocenters. The molecule has 0 unspecified atom stereocenters. The molecule has 0 saturated carbocycles. The summed E-state index contributed by atoms with van der Waals surface area (Å²) in [7, 11) is -0.331. The zero-order valence-corrected chi connectivity index (χ0v) is 11.8. The minimum absolute atomic E-state index is 0.317. The molecule has 1 aromatic rings. The fraction of sp³-hybridized carbons (Fsp3) is 0.583. The molecule has 3 heterocycles. The van der Waals surface area contributed by atoms with Gasteiger partial charge in [-0.15, -0.1) is 10.7 Å². The first-order valence-corrected chi connectivity index (χ1v) is 6.47. The number of rotatable bonds is 1. The number of nitrogens with one attached hydrogen (secondary N) is 1. The third kappa shape index (κ3) is 2.03. The van der Waals surface area contributed by atoms with Gasteiger partial charge in [0.25, 0.3) is 0 Å². The third-order valence-corrected chi connectivity index (χ3v) is 4.15. The van der Waals surface area contributed by atoms with E-state index in [9.17, 15) is 0 Å². The standard InChI is InChI=1S/C12H20BN4O2/c1-11(2)12(3,4)19-13(18-11)9-5-6-16-10(7-9)8-17(14)15-16/h5-7,15H,8,14H2,1-4H3/q+1. The van der Waals surface area contributed by atoms with Crippen LogP contribution in [0, 0.1) is 0 Å². The van der Waals surface area contributed by atoms with Crippen molar-refractivity contribution in [1.82, 2.24) is 5.12 Å². The Morgan fingerprint density at radius 3 is 2.58 bits per heavy atom. The van der Waals surface area contributed by atoms with E-state index < -0.39 is 0 Å². The van der Waals surface area contributed by atoms with Crippen LogP contribution in [0.4, 0.5) is 0 Å². The zero-order chi connectivity index (χ0) is 13.8. The van der Waals surface area contributed by atoms with Crippen LogP contribution in [0.1, 0.15) is 33.4 Å². The van der Waals surface area contributed by atoms with Gasteiger partial charge in [0.1, 0.15) is 6.54 Å². The van der Waals surface area contributed by atoms with E-state index in [0.29, 0.717) is 6.54 Å². The molecule has 0 bridgehead atoms. The largest absolute Gasteiger partial charge is 0.495 e. The molecule has 0 radical (unpaired) electrons. The quantitative estimate of drug-likeness (QED) is 0.403. The highest BCUT2D eigenvalue weighted by Gasteiger charge is 2.52. The van der Waals surface area contributed by atoms with Crippen LogP contribution in [0.25, 0.3) is 0 Å². The Balaban J connectivity index is 1.88. The molecular formula is C12H20BN4O2+.